The van der Waals surface area contributed by atoms with Gasteiger partial charge in [0.25, 0.3) is 0 Å². The van der Waals surface area contributed by atoms with Gasteiger partial charge in [0.2, 0.25) is 0 Å². The third-order valence-corrected chi connectivity index (χ3v) is 3.00. The predicted molar refractivity (Wildman–Crippen MR) is 70.5 cm³/mol. The van der Waals surface area contributed by atoms with Gasteiger partial charge in [-0.25, -0.2) is 0 Å². The Bertz CT molecular complexity index is 383. The maximum absolute atomic E-state index is 11.1. The number of ether oxygens (including phenoxy) is 1. The average molecular weight is 234 g/mol. The number of methoxy groups -OCH3 is 1. The first-order valence-corrected chi connectivity index (χ1v) is 6.22. The van der Waals surface area contributed by atoms with E-state index in [1.807, 2.05) is 6.07 Å². The normalized spacial score (nSPS) is 12.2. The second kappa shape index (κ2) is 6.43. The summed E-state index contributed by atoms with van der Waals surface area (Å²) >= 11 is 0. The zero-order chi connectivity index (χ0) is 12.8. The van der Waals surface area contributed by atoms with Crippen molar-refractivity contribution in [2.24, 2.45) is 5.92 Å². The van der Waals surface area contributed by atoms with Crippen molar-refractivity contribution in [2.75, 3.05) is 7.11 Å². The minimum absolute atomic E-state index is 0.268. The molecule has 94 valence electrons. The number of carbonyl (C=O) groups is 1. The van der Waals surface area contributed by atoms with E-state index < -0.39 is 0 Å². The summed E-state index contributed by atoms with van der Waals surface area (Å²) in [6, 6.07) is 6.21. The molecule has 0 aliphatic carbocycles. The SMILES string of the molecule is CCc1cc(OC)ccc1CC(C)CC(C)=O. The van der Waals surface area contributed by atoms with Crippen LogP contribution in [0.15, 0.2) is 18.2 Å². The van der Waals surface area contributed by atoms with Gasteiger partial charge in [-0.1, -0.05) is 19.9 Å². The molecule has 0 bridgehead atoms. The van der Waals surface area contributed by atoms with Crippen LogP contribution in [0.2, 0.25) is 0 Å². The van der Waals surface area contributed by atoms with E-state index in [0.717, 1.165) is 18.6 Å². The zero-order valence-electron chi connectivity index (χ0n) is 11.2. The van der Waals surface area contributed by atoms with E-state index in [2.05, 4.69) is 26.0 Å². The number of Topliss-reactive ketones (excluding diaryl/α,β-unsaturated/α-hetero) is 1. The van der Waals surface area contributed by atoms with Crippen LogP contribution in [0.25, 0.3) is 0 Å². The number of ketones is 1. The van der Waals surface area contributed by atoms with E-state index in [4.69, 9.17) is 4.74 Å². The first-order chi connectivity index (χ1) is 8.06. The molecule has 1 unspecified atom stereocenters. The topological polar surface area (TPSA) is 26.3 Å². The van der Waals surface area contributed by atoms with E-state index in [1.54, 1.807) is 14.0 Å². The molecule has 2 nitrogen and oxygen atoms in total. The van der Waals surface area contributed by atoms with E-state index in [9.17, 15) is 4.79 Å². The molecular formula is C15H22O2. The van der Waals surface area contributed by atoms with E-state index in [-0.39, 0.29) is 5.78 Å². The van der Waals surface area contributed by atoms with Crippen LogP contribution in [0.5, 0.6) is 5.75 Å². The number of hydrogen-bond donors (Lipinski definition) is 0. The zero-order valence-corrected chi connectivity index (χ0v) is 11.2. The highest BCUT2D eigenvalue weighted by Crippen LogP contribution is 2.22. The van der Waals surface area contributed by atoms with Crippen LogP contribution >= 0.6 is 0 Å². The standard InChI is InChI=1S/C15H22O2/c1-5-13-10-15(17-4)7-6-14(13)9-11(2)8-12(3)16/h6-7,10-11H,5,8-9H2,1-4H3. The second-order valence-corrected chi connectivity index (χ2v) is 4.70. The Morgan fingerprint density at radius 1 is 1.35 bits per heavy atom. The maximum atomic E-state index is 11.1. The van der Waals surface area contributed by atoms with Gasteiger partial charge in [0.15, 0.2) is 0 Å². The van der Waals surface area contributed by atoms with Crippen molar-refractivity contribution >= 4 is 5.78 Å². The molecule has 0 aliphatic rings. The Balaban J connectivity index is 2.79. The molecule has 1 aromatic rings. The van der Waals surface area contributed by atoms with E-state index >= 15 is 0 Å². The summed E-state index contributed by atoms with van der Waals surface area (Å²) in [5, 5.41) is 0. The smallest absolute Gasteiger partial charge is 0.130 e. The molecule has 17 heavy (non-hydrogen) atoms. The van der Waals surface area contributed by atoms with Gasteiger partial charge in [-0.05, 0) is 48.9 Å². The molecule has 0 saturated carbocycles. The molecule has 0 radical (unpaired) electrons. The van der Waals surface area contributed by atoms with Gasteiger partial charge in [0, 0.05) is 6.42 Å². The fourth-order valence-electron chi connectivity index (χ4n) is 2.20. The van der Waals surface area contributed by atoms with E-state index in [0.29, 0.717) is 12.3 Å². The van der Waals surface area contributed by atoms with Gasteiger partial charge in [-0.3, -0.25) is 0 Å². The van der Waals surface area contributed by atoms with Crippen molar-refractivity contribution in [3.05, 3.63) is 29.3 Å². The Morgan fingerprint density at radius 3 is 2.59 bits per heavy atom. The van der Waals surface area contributed by atoms with Gasteiger partial charge in [-0.2, -0.15) is 0 Å². The summed E-state index contributed by atoms with van der Waals surface area (Å²) in [4.78, 5) is 11.1. The molecule has 1 rings (SSSR count). The van der Waals surface area contributed by atoms with Gasteiger partial charge in [0.1, 0.15) is 11.5 Å². The fourth-order valence-corrected chi connectivity index (χ4v) is 2.20. The number of aryl methyl sites for hydroxylation is 1. The summed E-state index contributed by atoms with van der Waals surface area (Å²) in [6.45, 7) is 5.93. The van der Waals surface area contributed by atoms with Gasteiger partial charge < -0.3 is 9.53 Å². The quantitative estimate of drug-likeness (QED) is 0.754. The highest BCUT2D eigenvalue weighted by molar-refractivity contribution is 5.75. The summed E-state index contributed by atoms with van der Waals surface area (Å²) in [6.07, 6.45) is 2.63. The molecule has 0 heterocycles. The molecular weight excluding hydrogens is 212 g/mol. The lowest BCUT2D eigenvalue weighted by Crippen LogP contribution is -2.07. The molecule has 0 aromatic heterocycles. The van der Waals surface area contributed by atoms with Crippen molar-refractivity contribution in [3.63, 3.8) is 0 Å². The van der Waals surface area contributed by atoms with E-state index in [1.165, 1.54) is 11.1 Å². The highest BCUT2D eigenvalue weighted by Gasteiger charge is 2.10. The lowest BCUT2D eigenvalue weighted by molar-refractivity contribution is -0.117. The lowest BCUT2D eigenvalue weighted by Gasteiger charge is -2.14. The largest absolute Gasteiger partial charge is 0.497 e. The molecule has 0 aliphatic heterocycles. The molecule has 1 atom stereocenters. The molecule has 1 aromatic carbocycles. The van der Waals surface area contributed by atoms with Crippen molar-refractivity contribution < 1.29 is 9.53 Å². The minimum Gasteiger partial charge on any atom is -0.497 e. The van der Waals surface area contributed by atoms with Gasteiger partial charge >= 0.3 is 0 Å². The molecule has 0 amide bonds. The van der Waals surface area contributed by atoms with Crippen molar-refractivity contribution in [1.82, 2.24) is 0 Å². The van der Waals surface area contributed by atoms with Crippen LogP contribution in [0.3, 0.4) is 0 Å². The van der Waals surface area contributed by atoms with Crippen LogP contribution in [0.4, 0.5) is 0 Å². The Hall–Kier alpha value is -1.31. The number of rotatable bonds is 6. The molecule has 0 saturated heterocycles. The van der Waals surface area contributed by atoms with Crippen LogP contribution in [0, 0.1) is 5.92 Å². The Morgan fingerprint density at radius 2 is 2.06 bits per heavy atom. The fraction of sp³-hybridized carbons (Fsp3) is 0.533. The summed E-state index contributed by atoms with van der Waals surface area (Å²) in [7, 11) is 1.69. The number of hydrogen-bond acceptors (Lipinski definition) is 2. The third-order valence-electron chi connectivity index (χ3n) is 3.00. The average Bonchev–Trinajstić information content (AvgIpc) is 2.28. The summed E-state index contributed by atoms with van der Waals surface area (Å²) in [5.74, 6) is 1.58. The van der Waals surface area contributed by atoms with Crippen molar-refractivity contribution in [1.29, 1.82) is 0 Å². The maximum Gasteiger partial charge on any atom is 0.130 e. The number of benzene rings is 1. The van der Waals surface area contributed by atoms with Crippen LogP contribution < -0.4 is 4.74 Å². The van der Waals surface area contributed by atoms with Gasteiger partial charge in [0.05, 0.1) is 7.11 Å². The molecule has 0 N–H and O–H groups in total. The lowest BCUT2D eigenvalue weighted by atomic mass is 9.92. The minimum atomic E-state index is 0.268. The molecule has 0 spiro atoms. The van der Waals surface area contributed by atoms with Crippen molar-refractivity contribution in [3.8, 4) is 5.75 Å². The predicted octanol–water partition coefficient (Wildman–Crippen LogP) is 3.42. The number of carbonyl (C=O) groups excluding carboxylic acids is 1. The summed E-state index contributed by atoms with van der Waals surface area (Å²) < 4.78 is 5.23. The first-order valence-electron chi connectivity index (χ1n) is 6.22. The summed E-state index contributed by atoms with van der Waals surface area (Å²) in [5.41, 5.74) is 2.65. The molecule has 0 fully saturated rings. The Labute approximate surface area is 104 Å². The highest BCUT2D eigenvalue weighted by atomic mass is 16.5. The Kier molecular flexibility index (Phi) is 5.20. The van der Waals surface area contributed by atoms with Crippen molar-refractivity contribution in [2.45, 2.75) is 40.0 Å². The van der Waals surface area contributed by atoms with Crippen LogP contribution in [0.1, 0.15) is 38.3 Å². The third kappa shape index (κ3) is 4.22. The first kappa shape index (κ1) is 13.8. The molecule has 2 heteroatoms. The second-order valence-electron chi connectivity index (χ2n) is 4.70. The van der Waals surface area contributed by atoms with Gasteiger partial charge in [-0.15, -0.1) is 0 Å². The van der Waals surface area contributed by atoms with Crippen LogP contribution in [-0.4, -0.2) is 12.9 Å². The van der Waals surface area contributed by atoms with Crippen LogP contribution in [-0.2, 0) is 17.6 Å². The monoisotopic (exact) mass is 234 g/mol.